The highest BCUT2D eigenvalue weighted by atomic mass is 16.5. The maximum Gasteiger partial charge on any atom is 0.253 e. The lowest BCUT2D eigenvalue weighted by atomic mass is 10.1. The average molecular weight is 380 g/mol. The molecule has 0 saturated heterocycles. The highest BCUT2D eigenvalue weighted by molar-refractivity contribution is 5.83. The van der Waals surface area contributed by atoms with Crippen LogP contribution in [0.3, 0.4) is 0 Å². The van der Waals surface area contributed by atoms with Gasteiger partial charge in [0.05, 0.1) is 26.3 Å². The lowest BCUT2D eigenvalue weighted by molar-refractivity contribution is -0.129. The molecule has 1 N–H and O–H groups in total. The molecule has 3 aromatic rings. The number of fused-ring (bicyclic) bond motifs is 1. The van der Waals surface area contributed by atoms with Crippen molar-refractivity contribution in [3.63, 3.8) is 0 Å². The Kier molecular flexibility index (Phi) is 5.99. The molecule has 0 bridgehead atoms. The van der Waals surface area contributed by atoms with Gasteiger partial charge in [0.2, 0.25) is 5.91 Å². The molecule has 0 atom stereocenters. The van der Waals surface area contributed by atoms with Crippen molar-refractivity contribution >= 4 is 16.8 Å². The van der Waals surface area contributed by atoms with Crippen molar-refractivity contribution in [2.45, 2.75) is 19.9 Å². The van der Waals surface area contributed by atoms with Crippen LogP contribution in [0.25, 0.3) is 10.9 Å². The second-order valence-electron chi connectivity index (χ2n) is 6.59. The molecule has 0 fully saturated rings. The van der Waals surface area contributed by atoms with Crippen LogP contribution in [0.5, 0.6) is 11.5 Å². The minimum Gasteiger partial charge on any atom is -0.493 e. The second kappa shape index (κ2) is 8.61. The molecule has 0 aliphatic rings. The monoisotopic (exact) mass is 380 g/mol. The van der Waals surface area contributed by atoms with E-state index in [1.807, 2.05) is 36.4 Å². The first kappa shape index (κ1) is 19.5. The van der Waals surface area contributed by atoms with Gasteiger partial charge in [0.25, 0.3) is 5.56 Å². The molecule has 6 heteroatoms. The van der Waals surface area contributed by atoms with Gasteiger partial charge in [-0.2, -0.15) is 0 Å². The number of methoxy groups -OCH3 is 2. The van der Waals surface area contributed by atoms with Gasteiger partial charge in [-0.25, -0.2) is 0 Å². The van der Waals surface area contributed by atoms with Gasteiger partial charge < -0.3 is 19.4 Å². The van der Waals surface area contributed by atoms with E-state index in [2.05, 4.69) is 4.98 Å². The first-order chi connectivity index (χ1) is 13.5. The summed E-state index contributed by atoms with van der Waals surface area (Å²) in [5.41, 5.74) is 2.12. The molecule has 0 aliphatic heterocycles. The van der Waals surface area contributed by atoms with Crippen molar-refractivity contribution in [1.82, 2.24) is 9.88 Å². The van der Waals surface area contributed by atoms with Gasteiger partial charge in [-0.15, -0.1) is 0 Å². The largest absolute Gasteiger partial charge is 0.493 e. The number of benzene rings is 2. The zero-order valence-corrected chi connectivity index (χ0v) is 16.3. The van der Waals surface area contributed by atoms with Crippen molar-refractivity contribution < 1.29 is 14.3 Å². The Morgan fingerprint density at radius 3 is 2.36 bits per heavy atom. The van der Waals surface area contributed by atoms with Crippen LogP contribution in [0, 0.1) is 0 Å². The molecule has 0 radical (unpaired) electrons. The Morgan fingerprint density at radius 1 is 1.04 bits per heavy atom. The number of nitrogens with zero attached hydrogens (tertiary/aromatic N) is 1. The van der Waals surface area contributed by atoms with E-state index < -0.39 is 0 Å². The number of amides is 1. The molecule has 1 aromatic heterocycles. The van der Waals surface area contributed by atoms with Crippen LogP contribution in [0.15, 0.2) is 53.3 Å². The van der Waals surface area contributed by atoms with Crippen LogP contribution in [-0.4, -0.2) is 36.6 Å². The maximum absolute atomic E-state index is 12.6. The van der Waals surface area contributed by atoms with Gasteiger partial charge in [-0.3, -0.25) is 9.59 Å². The van der Waals surface area contributed by atoms with Gasteiger partial charge >= 0.3 is 0 Å². The first-order valence-electron chi connectivity index (χ1n) is 9.09. The highest BCUT2D eigenvalue weighted by Gasteiger charge is 2.14. The standard InChI is InChI=1S/C22H24N2O4/c1-15(25)24(10-9-16-7-5-4-6-8-16)14-18-11-17-12-20(27-2)21(28-3)13-19(17)23-22(18)26/h4-8,11-13H,9-10,14H2,1-3H3,(H,23,26). The molecule has 2 aromatic carbocycles. The Hall–Kier alpha value is -3.28. The van der Waals surface area contributed by atoms with E-state index in [1.54, 1.807) is 31.3 Å². The fourth-order valence-electron chi connectivity index (χ4n) is 3.16. The van der Waals surface area contributed by atoms with E-state index in [0.717, 1.165) is 17.4 Å². The third-order valence-electron chi connectivity index (χ3n) is 4.75. The Balaban J connectivity index is 1.87. The van der Waals surface area contributed by atoms with Crippen molar-refractivity contribution in [1.29, 1.82) is 0 Å². The summed E-state index contributed by atoms with van der Waals surface area (Å²) < 4.78 is 10.6. The summed E-state index contributed by atoms with van der Waals surface area (Å²) in [7, 11) is 3.12. The van der Waals surface area contributed by atoms with E-state index in [9.17, 15) is 9.59 Å². The molecule has 0 spiro atoms. The summed E-state index contributed by atoms with van der Waals surface area (Å²) in [5, 5.41) is 0.818. The predicted molar refractivity (Wildman–Crippen MR) is 109 cm³/mol. The first-order valence-corrected chi connectivity index (χ1v) is 9.09. The molecule has 0 unspecified atom stereocenters. The topological polar surface area (TPSA) is 71.6 Å². The molecule has 28 heavy (non-hydrogen) atoms. The Labute approximate surface area is 163 Å². The average Bonchev–Trinajstić information content (AvgIpc) is 2.70. The molecule has 0 aliphatic carbocycles. The summed E-state index contributed by atoms with van der Waals surface area (Å²) in [6.45, 7) is 2.32. The number of pyridine rings is 1. The molecule has 1 amide bonds. The lowest BCUT2D eigenvalue weighted by Crippen LogP contribution is -2.32. The number of aromatic amines is 1. The van der Waals surface area contributed by atoms with Crippen LogP contribution >= 0.6 is 0 Å². The van der Waals surface area contributed by atoms with Gasteiger partial charge in [-0.05, 0) is 24.1 Å². The SMILES string of the molecule is COc1cc2cc(CN(CCc3ccccc3)C(C)=O)c(=O)[nH]c2cc1OC. The van der Waals surface area contributed by atoms with E-state index in [1.165, 1.54) is 6.92 Å². The molecule has 1 heterocycles. The number of rotatable bonds is 7. The molecule has 3 rings (SSSR count). The number of aromatic nitrogens is 1. The molecule has 146 valence electrons. The van der Waals surface area contributed by atoms with E-state index in [4.69, 9.17) is 9.47 Å². The summed E-state index contributed by atoms with van der Waals surface area (Å²) in [6.07, 6.45) is 0.733. The van der Waals surface area contributed by atoms with Crippen LogP contribution < -0.4 is 15.0 Å². The summed E-state index contributed by atoms with van der Waals surface area (Å²) in [4.78, 5) is 29.2. The lowest BCUT2D eigenvalue weighted by Gasteiger charge is -2.21. The van der Waals surface area contributed by atoms with Crippen molar-refractivity contribution in [3.8, 4) is 11.5 Å². The zero-order chi connectivity index (χ0) is 20.1. The van der Waals surface area contributed by atoms with Gasteiger partial charge in [0, 0.05) is 30.5 Å². The number of ether oxygens (including phenoxy) is 2. The van der Waals surface area contributed by atoms with Crippen LogP contribution in [-0.2, 0) is 17.8 Å². The number of carbonyl (C=O) groups is 1. The quantitative estimate of drug-likeness (QED) is 0.684. The summed E-state index contributed by atoms with van der Waals surface area (Å²) >= 11 is 0. The predicted octanol–water partition coefficient (Wildman–Crippen LogP) is 3.14. The fourth-order valence-corrected chi connectivity index (χ4v) is 3.16. The smallest absolute Gasteiger partial charge is 0.253 e. The van der Waals surface area contributed by atoms with E-state index in [-0.39, 0.29) is 18.0 Å². The fraction of sp³-hybridized carbons (Fsp3) is 0.273. The molecular weight excluding hydrogens is 356 g/mol. The van der Waals surface area contributed by atoms with E-state index >= 15 is 0 Å². The Bertz CT molecular complexity index is 1030. The molecule has 6 nitrogen and oxygen atoms in total. The Morgan fingerprint density at radius 2 is 1.71 bits per heavy atom. The third-order valence-corrected chi connectivity index (χ3v) is 4.75. The van der Waals surface area contributed by atoms with Crippen LogP contribution in [0.1, 0.15) is 18.1 Å². The molecular formula is C22H24N2O4. The zero-order valence-electron chi connectivity index (χ0n) is 16.3. The van der Waals surface area contributed by atoms with Gasteiger partial charge in [0.1, 0.15) is 0 Å². The van der Waals surface area contributed by atoms with Crippen molar-refractivity contribution in [2.24, 2.45) is 0 Å². The highest BCUT2D eigenvalue weighted by Crippen LogP contribution is 2.31. The number of carbonyl (C=O) groups excluding carboxylic acids is 1. The minimum absolute atomic E-state index is 0.0669. The van der Waals surface area contributed by atoms with E-state index in [0.29, 0.717) is 29.1 Å². The number of hydrogen-bond donors (Lipinski definition) is 1. The van der Waals surface area contributed by atoms with Crippen LogP contribution in [0.4, 0.5) is 0 Å². The number of nitrogens with one attached hydrogen (secondary N) is 1. The number of hydrogen-bond acceptors (Lipinski definition) is 4. The summed E-state index contributed by atoms with van der Waals surface area (Å²) in [6, 6.07) is 15.3. The van der Waals surface area contributed by atoms with Gasteiger partial charge in [0.15, 0.2) is 11.5 Å². The normalized spacial score (nSPS) is 10.7. The second-order valence-corrected chi connectivity index (χ2v) is 6.59. The van der Waals surface area contributed by atoms with Crippen LogP contribution in [0.2, 0.25) is 0 Å². The third kappa shape index (κ3) is 4.34. The van der Waals surface area contributed by atoms with Crippen molar-refractivity contribution in [2.75, 3.05) is 20.8 Å². The molecule has 0 saturated carbocycles. The minimum atomic E-state index is -0.217. The maximum atomic E-state index is 12.6. The van der Waals surface area contributed by atoms with Gasteiger partial charge in [-0.1, -0.05) is 30.3 Å². The summed E-state index contributed by atoms with van der Waals surface area (Å²) in [5.74, 6) is 1.06. The number of H-pyrrole nitrogens is 1. The van der Waals surface area contributed by atoms with Crippen molar-refractivity contribution in [3.05, 3.63) is 70.0 Å².